The number of hydrogen-bond donors (Lipinski definition) is 0. The van der Waals surface area contributed by atoms with Crippen LogP contribution in [-0.2, 0) is 0 Å². The van der Waals surface area contributed by atoms with E-state index in [0.29, 0.717) is 5.56 Å². The minimum Gasteiger partial charge on any atom is -0.345 e. The van der Waals surface area contributed by atoms with Gasteiger partial charge in [-0.1, -0.05) is 12.1 Å². The largest absolute Gasteiger partial charge is 0.345 e. The zero-order valence-corrected chi connectivity index (χ0v) is 11.6. The van der Waals surface area contributed by atoms with Gasteiger partial charge in [0.2, 0.25) is 0 Å². The van der Waals surface area contributed by atoms with Gasteiger partial charge in [0, 0.05) is 25.2 Å². The Morgan fingerprint density at radius 2 is 1.74 bits per heavy atom. The Labute approximate surface area is 113 Å². The number of carbonyl (C=O) groups excluding carboxylic acids is 1. The average molecular weight is 255 g/mol. The number of rotatable bonds is 2. The van der Waals surface area contributed by atoms with Crippen molar-refractivity contribution in [2.24, 2.45) is 0 Å². The van der Waals surface area contributed by atoms with Gasteiger partial charge in [0.05, 0.1) is 11.9 Å². The summed E-state index contributed by atoms with van der Waals surface area (Å²) >= 11 is 0. The number of amides is 1. The third-order valence-electron chi connectivity index (χ3n) is 3.17. The summed E-state index contributed by atoms with van der Waals surface area (Å²) in [7, 11) is 3.48. The topological polar surface area (TPSA) is 46.1 Å². The van der Waals surface area contributed by atoms with E-state index in [2.05, 4.69) is 10.2 Å². The SMILES string of the molecule is Cc1cnnc(-c2ccc(C(=O)N(C)C)cc2)c1C. The molecule has 0 N–H and O–H groups in total. The van der Waals surface area contributed by atoms with Crippen LogP contribution in [0.2, 0.25) is 0 Å². The van der Waals surface area contributed by atoms with E-state index in [1.54, 1.807) is 25.2 Å². The molecule has 0 aliphatic heterocycles. The Morgan fingerprint density at radius 3 is 2.32 bits per heavy atom. The van der Waals surface area contributed by atoms with Crippen molar-refractivity contribution in [2.45, 2.75) is 13.8 Å². The standard InChI is InChI=1S/C15H17N3O/c1-10-9-16-17-14(11(10)2)12-5-7-13(8-6-12)15(19)18(3)4/h5-9H,1-4H3. The van der Waals surface area contributed by atoms with Crippen LogP contribution in [0.5, 0.6) is 0 Å². The van der Waals surface area contributed by atoms with Gasteiger partial charge >= 0.3 is 0 Å². The van der Waals surface area contributed by atoms with E-state index < -0.39 is 0 Å². The second kappa shape index (κ2) is 5.18. The van der Waals surface area contributed by atoms with Crippen molar-refractivity contribution >= 4 is 5.91 Å². The van der Waals surface area contributed by atoms with Crippen molar-refractivity contribution < 1.29 is 4.79 Å². The molecule has 0 fully saturated rings. The molecule has 1 amide bonds. The van der Waals surface area contributed by atoms with Crippen LogP contribution in [0.25, 0.3) is 11.3 Å². The van der Waals surface area contributed by atoms with Gasteiger partial charge in [0.25, 0.3) is 5.91 Å². The molecule has 0 radical (unpaired) electrons. The van der Waals surface area contributed by atoms with Crippen LogP contribution >= 0.6 is 0 Å². The Balaban J connectivity index is 2.38. The van der Waals surface area contributed by atoms with Crippen molar-refractivity contribution in [3.63, 3.8) is 0 Å². The fourth-order valence-corrected chi connectivity index (χ4v) is 1.83. The summed E-state index contributed by atoms with van der Waals surface area (Å²) in [5.41, 5.74) is 4.74. The molecule has 1 aromatic heterocycles. The Hall–Kier alpha value is -2.23. The number of aryl methyl sites for hydroxylation is 1. The zero-order valence-electron chi connectivity index (χ0n) is 11.6. The lowest BCUT2D eigenvalue weighted by molar-refractivity contribution is 0.0827. The van der Waals surface area contributed by atoms with Gasteiger partial charge in [0.1, 0.15) is 0 Å². The van der Waals surface area contributed by atoms with Gasteiger partial charge in [-0.25, -0.2) is 0 Å². The highest BCUT2D eigenvalue weighted by molar-refractivity contribution is 5.94. The van der Waals surface area contributed by atoms with Crippen molar-refractivity contribution in [1.29, 1.82) is 0 Å². The van der Waals surface area contributed by atoms with Crippen LogP contribution in [0.1, 0.15) is 21.5 Å². The molecule has 0 saturated carbocycles. The van der Waals surface area contributed by atoms with Gasteiger partial charge in [-0.05, 0) is 37.1 Å². The third-order valence-corrected chi connectivity index (χ3v) is 3.17. The lowest BCUT2D eigenvalue weighted by Gasteiger charge is -2.11. The van der Waals surface area contributed by atoms with Gasteiger partial charge in [-0.3, -0.25) is 4.79 Å². The highest BCUT2D eigenvalue weighted by atomic mass is 16.2. The molecule has 4 nitrogen and oxygen atoms in total. The van der Waals surface area contributed by atoms with E-state index >= 15 is 0 Å². The van der Waals surface area contributed by atoms with Crippen molar-refractivity contribution in [3.05, 3.63) is 47.2 Å². The third kappa shape index (κ3) is 2.62. The van der Waals surface area contributed by atoms with Crippen LogP contribution in [-0.4, -0.2) is 35.1 Å². The lowest BCUT2D eigenvalue weighted by Crippen LogP contribution is -2.21. The van der Waals surface area contributed by atoms with Crippen LogP contribution < -0.4 is 0 Å². The van der Waals surface area contributed by atoms with Crippen LogP contribution in [0.4, 0.5) is 0 Å². The molecule has 0 saturated heterocycles. The first-order chi connectivity index (χ1) is 9.00. The summed E-state index contributed by atoms with van der Waals surface area (Å²) < 4.78 is 0. The van der Waals surface area contributed by atoms with Crippen LogP contribution in [0.15, 0.2) is 30.5 Å². The highest BCUT2D eigenvalue weighted by Crippen LogP contribution is 2.22. The molecule has 98 valence electrons. The smallest absolute Gasteiger partial charge is 0.253 e. The molecule has 2 rings (SSSR count). The minimum atomic E-state index is -0.00130. The molecule has 0 bridgehead atoms. The summed E-state index contributed by atoms with van der Waals surface area (Å²) in [6, 6.07) is 7.46. The molecule has 0 unspecified atom stereocenters. The monoisotopic (exact) mass is 255 g/mol. The van der Waals surface area contributed by atoms with Gasteiger partial charge < -0.3 is 4.90 Å². The predicted molar refractivity (Wildman–Crippen MR) is 75.0 cm³/mol. The van der Waals surface area contributed by atoms with Crippen molar-refractivity contribution in [1.82, 2.24) is 15.1 Å². The summed E-state index contributed by atoms with van der Waals surface area (Å²) in [5.74, 6) is -0.00130. The summed E-state index contributed by atoms with van der Waals surface area (Å²) in [6.45, 7) is 4.04. The molecular weight excluding hydrogens is 238 g/mol. The van der Waals surface area contributed by atoms with Gasteiger partial charge in [-0.2, -0.15) is 10.2 Å². The Kier molecular flexibility index (Phi) is 3.60. The van der Waals surface area contributed by atoms with E-state index in [-0.39, 0.29) is 5.91 Å². The average Bonchev–Trinajstić information content (AvgIpc) is 2.41. The van der Waals surface area contributed by atoms with E-state index in [1.165, 1.54) is 0 Å². The molecule has 1 heterocycles. The van der Waals surface area contributed by atoms with Crippen LogP contribution in [0.3, 0.4) is 0 Å². The lowest BCUT2D eigenvalue weighted by atomic mass is 10.0. The summed E-state index contributed by atoms with van der Waals surface area (Å²) in [5, 5.41) is 8.16. The van der Waals surface area contributed by atoms with E-state index in [0.717, 1.165) is 22.4 Å². The van der Waals surface area contributed by atoms with E-state index in [1.807, 2.05) is 38.1 Å². The van der Waals surface area contributed by atoms with Gasteiger partial charge in [-0.15, -0.1) is 0 Å². The van der Waals surface area contributed by atoms with Crippen molar-refractivity contribution in [2.75, 3.05) is 14.1 Å². The first-order valence-corrected chi connectivity index (χ1v) is 6.11. The summed E-state index contributed by atoms with van der Waals surface area (Å²) in [4.78, 5) is 13.4. The molecule has 2 aromatic rings. The highest BCUT2D eigenvalue weighted by Gasteiger charge is 2.10. The number of carbonyl (C=O) groups is 1. The van der Waals surface area contributed by atoms with E-state index in [4.69, 9.17) is 0 Å². The number of benzene rings is 1. The number of aromatic nitrogens is 2. The second-order valence-corrected chi connectivity index (χ2v) is 4.78. The first-order valence-electron chi connectivity index (χ1n) is 6.11. The molecule has 0 atom stereocenters. The van der Waals surface area contributed by atoms with E-state index in [9.17, 15) is 4.79 Å². The predicted octanol–water partition coefficient (Wildman–Crippen LogP) is 2.46. The normalized spacial score (nSPS) is 10.3. The molecule has 0 aliphatic carbocycles. The fraction of sp³-hybridized carbons (Fsp3) is 0.267. The molecular formula is C15H17N3O. The van der Waals surface area contributed by atoms with Gasteiger partial charge in [0.15, 0.2) is 0 Å². The first kappa shape index (κ1) is 13.2. The molecule has 0 aliphatic rings. The fourth-order valence-electron chi connectivity index (χ4n) is 1.83. The van der Waals surface area contributed by atoms with Crippen LogP contribution in [0, 0.1) is 13.8 Å². The maximum atomic E-state index is 11.8. The molecule has 4 heteroatoms. The quantitative estimate of drug-likeness (QED) is 0.828. The maximum absolute atomic E-state index is 11.8. The Bertz CT molecular complexity index is 603. The number of hydrogen-bond acceptors (Lipinski definition) is 3. The minimum absolute atomic E-state index is 0.00130. The summed E-state index contributed by atoms with van der Waals surface area (Å²) in [6.07, 6.45) is 1.75. The maximum Gasteiger partial charge on any atom is 0.253 e. The Morgan fingerprint density at radius 1 is 1.11 bits per heavy atom. The molecule has 0 spiro atoms. The molecule has 1 aromatic carbocycles. The molecule has 19 heavy (non-hydrogen) atoms. The zero-order chi connectivity index (χ0) is 14.0. The van der Waals surface area contributed by atoms with Crippen molar-refractivity contribution in [3.8, 4) is 11.3 Å². The number of nitrogens with zero attached hydrogens (tertiary/aromatic N) is 3. The second-order valence-electron chi connectivity index (χ2n) is 4.78.